The number of benzene rings is 2. The van der Waals surface area contributed by atoms with Gasteiger partial charge < -0.3 is 5.32 Å². The monoisotopic (exact) mass is 447 g/mol. The topological polar surface area (TPSA) is 69.7 Å². The molecule has 0 atom stereocenters. The zero-order valence-electron chi connectivity index (χ0n) is 18.1. The lowest BCUT2D eigenvalue weighted by Gasteiger charge is -2.26. The van der Waals surface area contributed by atoms with E-state index in [1.54, 1.807) is 24.3 Å². The fraction of sp³-hybridized carbons (Fsp3) is 0.435. The summed E-state index contributed by atoms with van der Waals surface area (Å²) in [5, 5.41) is 2.85. The molecular weight excluding hydrogens is 417 g/mol. The predicted molar refractivity (Wildman–Crippen MR) is 120 cm³/mol. The SMILES string of the molecule is CCN(CC(=O)Nc1cc(S(=O)(=O)N2CCCCC2)ccc1C)Cc1cccc(F)c1. The molecule has 0 radical (unpaired) electrons. The molecule has 0 aromatic heterocycles. The first-order valence-electron chi connectivity index (χ1n) is 10.7. The van der Waals surface area contributed by atoms with Crippen molar-refractivity contribution in [3.63, 3.8) is 0 Å². The summed E-state index contributed by atoms with van der Waals surface area (Å²) in [4.78, 5) is 14.8. The number of rotatable bonds is 8. The van der Waals surface area contributed by atoms with Crippen LogP contribution >= 0.6 is 0 Å². The van der Waals surface area contributed by atoms with E-state index >= 15 is 0 Å². The Morgan fingerprint density at radius 3 is 2.55 bits per heavy atom. The third-order valence-electron chi connectivity index (χ3n) is 5.55. The van der Waals surface area contributed by atoms with Crippen LogP contribution in [-0.4, -0.2) is 49.7 Å². The lowest BCUT2D eigenvalue weighted by atomic mass is 10.2. The summed E-state index contributed by atoms with van der Waals surface area (Å²) in [5.74, 6) is -0.547. The van der Waals surface area contributed by atoms with E-state index in [0.717, 1.165) is 30.4 Å². The molecule has 0 spiro atoms. The van der Waals surface area contributed by atoms with E-state index in [1.807, 2.05) is 24.8 Å². The number of anilines is 1. The number of carbonyl (C=O) groups is 1. The third kappa shape index (κ3) is 6.12. The lowest BCUT2D eigenvalue weighted by molar-refractivity contribution is -0.117. The Morgan fingerprint density at radius 1 is 1.13 bits per heavy atom. The van der Waals surface area contributed by atoms with Gasteiger partial charge >= 0.3 is 0 Å². The number of halogens is 1. The third-order valence-corrected chi connectivity index (χ3v) is 7.44. The molecule has 0 bridgehead atoms. The number of nitrogens with one attached hydrogen (secondary N) is 1. The molecule has 1 fully saturated rings. The van der Waals surface area contributed by atoms with Crippen LogP contribution in [0.4, 0.5) is 10.1 Å². The van der Waals surface area contributed by atoms with Crippen molar-refractivity contribution in [3.05, 3.63) is 59.4 Å². The summed E-state index contributed by atoms with van der Waals surface area (Å²) in [7, 11) is -3.57. The van der Waals surface area contributed by atoms with Crippen molar-refractivity contribution in [2.75, 3.05) is 31.5 Å². The summed E-state index contributed by atoms with van der Waals surface area (Å²) in [6.07, 6.45) is 2.78. The van der Waals surface area contributed by atoms with Gasteiger partial charge in [-0.3, -0.25) is 9.69 Å². The maximum atomic E-state index is 13.4. The van der Waals surface area contributed by atoms with Crippen molar-refractivity contribution in [2.24, 2.45) is 0 Å². The highest BCUT2D eigenvalue weighted by atomic mass is 32.2. The fourth-order valence-corrected chi connectivity index (χ4v) is 5.26. The number of carbonyl (C=O) groups excluding carboxylic acids is 1. The molecule has 3 rings (SSSR count). The van der Waals surface area contributed by atoms with Crippen molar-refractivity contribution in [1.29, 1.82) is 0 Å². The smallest absolute Gasteiger partial charge is 0.243 e. The number of hydrogen-bond acceptors (Lipinski definition) is 4. The van der Waals surface area contributed by atoms with Crippen molar-refractivity contribution in [3.8, 4) is 0 Å². The van der Waals surface area contributed by atoms with Crippen LogP contribution in [0.1, 0.15) is 37.3 Å². The standard InChI is InChI=1S/C23H30FN3O3S/c1-3-26(16-19-8-7-9-20(24)14-19)17-23(28)25-22-15-21(11-10-18(22)2)31(29,30)27-12-5-4-6-13-27/h7-11,14-15H,3-6,12-13,16-17H2,1-2H3,(H,25,28). The average Bonchev–Trinajstić information content (AvgIpc) is 2.75. The van der Waals surface area contributed by atoms with Crippen molar-refractivity contribution >= 4 is 21.6 Å². The highest BCUT2D eigenvalue weighted by Crippen LogP contribution is 2.25. The van der Waals surface area contributed by atoms with Gasteiger partial charge in [0.1, 0.15) is 5.82 Å². The first-order chi connectivity index (χ1) is 14.8. The number of sulfonamides is 1. The molecular formula is C23H30FN3O3S. The van der Waals surface area contributed by atoms with Gasteiger partial charge in [-0.2, -0.15) is 4.31 Å². The minimum Gasteiger partial charge on any atom is -0.325 e. The molecule has 8 heteroatoms. The highest BCUT2D eigenvalue weighted by Gasteiger charge is 2.26. The number of likely N-dealkylation sites (N-methyl/N-ethyl adjacent to an activating group) is 1. The molecule has 1 aliphatic heterocycles. The van der Waals surface area contributed by atoms with Gasteiger partial charge in [-0.15, -0.1) is 0 Å². The molecule has 1 amide bonds. The molecule has 6 nitrogen and oxygen atoms in total. The van der Waals surface area contributed by atoms with Gasteiger partial charge in [0.25, 0.3) is 0 Å². The average molecular weight is 448 g/mol. The van der Waals surface area contributed by atoms with Crippen LogP contribution in [-0.2, 0) is 21.4 Å². The normalized spacial score (nSPS) is 15.2. The van der Waals surface area contributed by atoms with Crippen molar-refractivity contribution in [1.82, 2.24) is 9.21 Å². The van der Waals surface area contributed by atoms with E-state index in [-0.39, 0.29) is 23.2 Å². The molecule has 1 N–H and O–H groups in total. The zero-order valence-corrected chi connectivity index (χ0v) is 18.9. The second-order valence-electron chi connectivity index (χ2n) is 7.92. The van der Waals surface area contributed by atoms with Gasteiger partial charge in [0.15, 0.2) is 0 Å². The van der Waals surface area contributed by atoms with Gasteiger partial charge in [-0.1, -0.05) is 31.5 Å². The fourth-order valence-electron chi connectivity index (χ4n) is 3.72. The van der Waals surface area contributed by atoms with Gasteiger partial charge in [-0.25, -0.2) is 12.8 Å². The van der Waals surface area contributed by atoms with Gasteiger partial charge in [0.05, 0.1) is 11.4 Å². The molecule has 2 aromatic rings. The Labute approximate surface area is 184 Å². The quantitative estimate of drug-likeness (QED) is 0.669. The number of hydrogen-bond donors (Lipinski definition) is 1. The van der Waals surface area contributed by atoms with E-state index in [2.05, 4.69) is 5.32 Å². The number of amides is 1. The van der Waals surface area contributed by atoms with E-state index in [0.29, 0.717) is 31.9 Å². The summed E-state index contributed by atoms with van der Waals surface area (Å²) in [6, 6.07) is 11.2. The number of aryl methyl sites for hydroxylation is 1. The van der Waals surface area contributed by atoms with Crippen LogP contribution in [0.25, 0.3) is 0 Å². The molecule has 0 aliphatic carbocycles. The van der Waals surface area contributed by atoms with E-state index in [1.165, 1.54) is 16.4 Å². The zero-order chi connectivity index (χ0) is 22.4. The minimum atomic E-state index is -3.57. The van der Waals surface area contributed by atoms with Crippen LogP contribution in [0.15, 0.2) is 47.4 Å². The molecule has 1 aliphatic rings. The number of piperidine rings is 1. The molecule has 31 heavy (non-hydrogen) atoms. The minimum absolute atomic E-state index is 0.121. The van der Waals surface area contributed by atoms with E-state index in [4.69, 9.17) is 0 Å². The summed E-state index contributed by atoms with van der Waals surface area (Å²) in [6.45, 7) is 6.01. The molecule has 1 saturated heterocycles. The second kappa shape index (κ2) is 10.3. The lowest BCUT2D eigenvalue weighted by Crippen LogP contribution is -2.35. The van der Waals surface area contributed by atoms with E-state index in [9.17, 15) is 17.6 Å². The molecule has 0 saturated carbocycles. The van der Waals surface area contributed by atoms with Crippen LogP contribution in [0.3, 0.4) is 0 Å². The second-order valence-corrected chi connectivity index (χ2v) is 9.86. The largest absolute Gasteiger partial charge is 0.325 e. The van der Waals surface area contributed by atoms with Gasteiger partial charge in [-0.05, 0) is 61.7 Å². The van der Waals surface area contributed by atoms with Crippen molar-refractivity contribution < 1.29 is 17.6 Å². The molecule has 1 heterocycles. The van der Waals surface area contributed by atoms with Gasteiger partial charge in [0.2, 0.25) is 15.9 Å². The Bertz CT molecular complexity index is 1020. The first kappa shape index (κ1) is 23.4. The summed E-state index contributed by atoms with van der Waals surface area (Å²) in [5.41, 5.74) is 2.07. The summed E-state index contributed by atoms with van der Waals surface area (Å²) < 4.78 is 40.9. The molecule has 168 valence electrons. The Hall–Kier alpha value is -2.29. The summed E-state index contributed by atoms with van der Waals surface area (Å²) >= 11 is 0. The first-order valence-corrected chi connectivity index (χ1v) is 12.1. The molecule has 2 aromatic carbocycles. The Morgan fingerprint density at radius 2 is 1.87 bits per heavy atom. The maximum Gasteiger partial charge on any atom is 0.243 e. The Balaban J connectivity index is 1.69. The maximum absolute atomic E-state index is 13.4. The van der Waals surface area contributed by atoms with Crippen LogP contribution in [0, 0.1) is 12.7 Å². The number of nitrogens with zero attached hydrogens (tertiary/aromatic N) is 2. The molecule has 0 unspecified atom stereocenters. The predicted octanol–water partition coefficient (Wildman–Crippen LogP) is 3.77. The van der Waals surface area contributed by atoms with Crippen LogP contribution < -0.4 is 5.32 Å². The van der Waals surface area contributed by atoms with E-state index < -0.39 is 10.0 Å². The van der Waals surface area contributed by atoms with Crippen LogP contribution in [0.5, 0.6) is 0 Å². The van der Waals surface area contributed by atoms with Gasteiger partial charge in [0, 0.05) is 25.3 Å². The van der Waals surface area contributed by atoms with Crippen molar-refractivity contribution in [2.45, 2.75) is 44.6 Å². The highest BCUT2D eigenvalue weighted by molar-refractivity contribution is 7.89. The van der Waals surface area contributed by atoms with Crippen LogP contribution in [0.2, 0.25) is 0 Å². The Kier molecular flexibility index (Phi) is 7.80.